The van der Waals surface area contributed by atoms with Crippen molar-refractivity contribution in [1.82, 2.24) is 0 Å². The number of hydrazone groups is 1. The van der Waals surface area contributed by atoms with Crippen molar-refractivity contribution < 1.29 is 4.39 Å². The Balaban J connectivity index is 3.06. The van der Waals surface area contributed by atoms with E-state index in [4.69, 9.17) is 21.7 Å². The van der Waals surface area contributed by atoms with E-state index in [2.05, 4.69) is 10.5 Å². The molecule has 0 saturated carbocycles. The number of nitriles is 2. The lowest BCUT2D eigenvalue weighted by atomic mass is 10.2. The normalized spacial score (nSPS) is 10.2. The molecule has 0 fully saturated rings. The highest BCUT2D eigenvalue weighted by Crippen LogP contribution is 2.17. The number of nitrogens with one attached hydrogen (secondary N) is 2. The summed E-state index contributed by atoms with van der Waals surface area (Å²) in [6.45, 7) is 0. The average molecular weight is 230 g/mol. The van der Waals surface area contributed by atoms with E-state index < -0.39 is 11.7 Å². The summed E-state index contributed by atoms with van der Waals surface area (Å²) in [7, 11) is 0. The van der Waals surface area contributed by atoms with Crippen molar-refractivity contribution in [3.8, 4) is 12.1 Å². The van der Waals surface area contributed by atoms with Gasteiger partial charge >= 0.3 is 0 Å². The molecule has 0 unspecified atom stereocenters. The van der Waals surface area contributed by atoms with Crippen LogP contribution < -0.4 is 11.2 Å². The highest BCUT2D eigenvalue weighted by Gasteiger charge is 2.07. The Bertz CT molecular complexity index is 563. The molecule has 1 aromatic carbocycles. The minimum Gasteiger partial charge on any atom is -0.382 e. The third kappa shape index (κ3) is 2.76. The highest BCUT2D eigenvalue weighted by molar-refractivity contribution is 6.45. The molecule has 6 nitrogen and oxygen atoms in total. The first-order valence-corrected chi connectivity index (χ1v) is 4.37. The van der Waals surface area contributed by atoms with Gasteiger partial charge in [0, 0.05) is 0 Å². The molecule has 0 aromatic heterocycles. The second kappa shape index (κ2) is 5.24. The number of halogens is 1. The van der Waals surface area contributed by atoms with Crippen LogP contribution in [0.25, 0.3) is 0 Å². The van der Waals surface area contributed by atoms with Gasteiger partial charge in [0.2, 0.25) is 5.71 Å². The predicted octanol–water partition coefficient (Wildman–Crippen LogP) is 0.925. The molecule has 0 heterocycles. The second-order valence-electron chi connectivity index (χ2n) is 2.87. The van der Waals surface area contributed by atoms with Crippen LogP contribution in [0, 0.1) is 33.9 Å². The minimum absolute atomic E-state index is 0.0986. The summed E-state index contributed by atoms with van der Waals surface area (Å²) in [6.07, 6.45) is 0. The molecule has 0 atom stereocenters. The Morgan fingerprint density at radius 1 is 1.47 bits per heavy atom. The first-order chi connectivity index (χ1) is 8.10. The summed E-state index contributed by atoms with van der Waals surface area (Å²) in [5.74, 6) is -1.22. The average Bonchev–Trinajstić information content (AvgIpc) is 2.29. The zero-order valence-electron chi connectivity index (χ0n) is 8.53. The van der Waals surface area contributed by atoms with Crippen molar-refractivity contribution >= 4 is 17.2 Å². The van der Waals surface area contributed by atoms with Gasteiger partial charge < -0.3 is 5.73 Å². The van der Waals surface area contributed by atoms with Crippen LogP contribution in [0.15, 0.2) is 23.3 Å². The fourth-order valence-corrected chi connectivity index (χ4v) is 0.993. The Morgan fingerprint density at radius 2 is 2.18 bits per heavy atom. The zero-order valence-corrected chi connectivity index (χ0v) is 8.53. The molecular weight excluding hydrogens is 223 g/mol. The number of hydrogen-bond donors (Lipinski definition) is 3. The molecule has 0 saturated heterocycles. The molecule has 0 aliphatic carbocycles. The molecule has 4 N–H and O–H groups in total. The van der Waals surface area contributed by atoms with Gasteiger partial charge in [0.15, 0.2) is 5.84 Å². The van der Waals surface area contributed by atoms with E-state index in [9.17, 15) is 4.39 Å². The number of anilines is 1. The number of nitrogens with two attached hydrogens (primary N) is 1. The van der Waals surface area contributed by atoms with Crippen molar-refractivity contribution in [2.75, 3.05) is 5.43 Å². The van der Waals surface area contributed by atoms with E-state index in [1.54, 1.807) is 12.1 Å². The lowest BCUT2D eigenvalue weighted by Crippen LogP contribution is -2.22. The van der Waals surface area contributed by atoms with Crippen LogP contribution in [0.1, 0.15) is 5.56 Å². The number of amidine groups is 1. The first-order valence-electron chi connectivity index (χ1n) is 4.37. The third-order valence-electron chi connectivity index (χ3n) is 1.77. The van der Waals surface area contributed by atoms with Crippen LogP contribution in [-0.4, -0.2) is 11.5 Å². The van der Waals surface area contributed by atoms with Crippen molar-refractivity contribution in [3.63, 3.8) is 0 Å². The summed E-state index contributed by atoms with van der Waals surface area (Å²) in [6, 6.07) is 7.17. The van der Waals surface area contributed by atoms with Gasteiger partial charge in [-0.25, -0.2) is 4.39 Å². The van der Waals surface area contributed by atoms with E-state index in [1.807, 2.05) is 0 Å². The van der Waals surface area contributed by atoms with Crippen LogP contribution in [0.3, 0.4) is 0 Å². The number of rotatable bonds is 3. The summed E-state index contributed by atoms with van der Waals surface area (Å²) >= 11 is 0. The Labute approximate surface area is 96.3 Å². The Morgan fingerprint density at radius 3 is 2.71 bits per heavy atom. The van der Waals surface area contributed by atoms with Gasteiger partial charge in [-0.05, 0) is 12.1 Å². The lowest BCUT2D eigenvalue weighted by Gasteiger charge is -2.03. The maximum atomic E-state index is 13.2. The van der Waals surface area contributed by atoms with Crippen LogP contribution in [0.4, 0.5) is 10.1 Å². The van der Waals surface area contributed by atoms with Crippen LogP contribution in [-0.2, 0) is 0 Å². The Hall–Kier alpha value is -2.93. The van der Waals surface area contributed by atoms with Crippen molar-refractivity contribution in [1.29, 1.82) is 15.9 Å². The first kappa shape index (κ1) is 12.1. The molecule has 0 aliphatic rings. The van der Waals surface area contributed by atoms with Crippen LogP contribution >= 0.6 is 0 Å². The van der Waals surface area contributed by atoms with E-state index in [1.165, 1.54) is 12.1 Å². The minimum atomic E-state index is -0.700. The second-order valence-corrected chi connectivity index (χ2v) is 2.87. The molecule has 0 radical (unpaired) electrons. The monoisotopic (exact) mass is 230 g/mol. The van der Waals surface area contributed by atoms with Gasteiger partial charge in [-0.3, -0.25) is 10.8 Å². The van der Waals surface area contributed by atoms with Crippen LogP contribution in [0.2, 0.25) is 0 Å². The highest BCUT2D eigenvalue weighted by atomic mass is 19.1. The Kier molecular flexibility index (Phi) is 3.74. The van der Waals surface area contributed by atoms with Crippen LogP contribution in [0.5, 0.6) is 0 Å². The standard InChI is InChI=1S/C10H7FN6/c11-7-2-1-3-8(6(7)4-12)16-17-9(5-13)10(14)15/h1-3,16H,(H3,14,15)/b17-9+. The SMILES string of the molecule is N#C/C(=N\Nc1cccc(F)c1C#N)C(=N)N. The third-order valence-corrected chi connectivity index (χ3v) is 1.77. The van der Waals surface area contributed by atoms with E-state index >= 15 is 0 Å². The molecule has 17 heavy (non-hydrogen) atoms. The predicted molar refractivity (Wildman–Crippen MR) is 59.7 cm³/mol. The molecule has 1 aromatic rings. The number of benzene rings is 1. The zero-order chi connectivity index (χ0) is 12.8. The van der Waals surface area contributed by atoms with Crippen molar-refractivity contribution in [2.24, 2.45) is 10.8 Å². The largest absolute Gasteiger partial charge is 0.382 e. The lowest BCUT2D eigenvalue weighted by molar-refractivity contribution is 0.624. The summed E-state index contributed by atoms with van der Waals surface area (Å²) in [5.41, 5.74) is 6.91. The molecule has 1 rings (SSSR count). The fourth-order valence-electron chi connectivity index (χ4n) is 0.993. The fraction of sp³-hybridized carbons (Fsp3) is 0. The van der Waals surface area contributed by atoms with Gasteiger partial charge in [-0.1, -0.05) is 6.07 Å². The van der Waals surface area contributed by atoms with E-state index in [0.29, 0.717) is 0 Å². The summed E-state index contributed by atoms with van der Waals surface area (Å²) in [5, 5.41) is 27.8. The molecular formula is C10H7FN6. The maximum absolute atomic E-state index is 13.2. The van der Waals surface area contributed by atoms with Gasteiger partial charge in [0.25, 0.3) is 0 Å². The molecule has 84 valence electrons. The summed E-state index contributed by atoms with van der Waals surface area (Å²) < 4.78 is 13.2. The number of nitrogens with zero attached hydrogens (tertiary/aromatic N) is 3. The molecule has 7 heteroatoms. The van der Waals surface area contributed by atoms with E-state index in [-0.39, 0.29) is 17.0 Å². The number of hydrogen-bond acceptors (Lipinski definition) is 5. The molecule has 0 bridgehead atoms. The summed E-state index contributed by atoms with van der Waals surface area (Å²) in [4.78, 5) is 0. The topological polar surface area (TPSA) is 122 Å². The quantitative estimate of drug-likeness (QED) is 0.406. The van der Waals surface area contributed by atoms with Gasteiger partial charge in [0.1, 0.15) is 23.5 Å². The van der Waals surface area contributed by atoms with Gasteiger partial charge in [-0.2, -0.15) is 15.6 Å². The molecule has 0 spiro atoms. The molecule has 0 amide bonds. The van der Waals surface area contributed by atoms with Gasteiger partial charge in [0.05, 0.1) is 5.69 Å². The van der Waals surface area contributed by atoms with Gasteiger partial charge in [-0.15, -0.1) is 0 Å². The smallest absolute Gasteiger partial charge is 0.201 e. The van der Waals surface area contributed by atoms with E-state index in [0.717, 1.165) is 6.07 Å². The van der Waals surface area contributed by atoms with Crippen molar-refractivity contribution in [2.45, 2.75) is 0 Å². The van der Waals surface area contributed by atoms with Crippen molar-refractivity contribution in [3.05, 3.63) is 29.6 Å². The maximum Gasteiger partial charge on any atom is 0.201 e. The molecule has 0 aliphatic heterocycles.